The highest BCUT2D eigenvalue weighted by Gasteiger charge is 2.55. The Labute approximate surface area is 155 Å². The van der Waals surface area contributed by atoms with Crippen LogP contribution in [0, 0.1) is 11.3 Å². The summed E-state index contributed by atoms with van der Waals surface area (Å²) >= 11 is 0. The van der Waals surface area contributed by atoms with E-state index in [0.29, 0.717) is 24.5 Å². The molecular weight excluding hydrogens is 356 g/mol. The molecule has 2 fully saturated rings. The van der Waals surface area contributed by atoms with Crippen molar-refractivity contribution in [2.75, 3.05) is 32.3 Å². The van der Waals surface area contributed by atoms with Crippen LogP contribution >= 0.6 is 0 Å². The van der Waals surface area contributed by atoms with Gasteiger partial charge < -0.3 is 29.5 Å². The molecule has 9 heteroatoms. The summed E-state index contributed by atoms with van der Waals surface area (Å²) in [5.74, 6) is -0.702. The molecule has 0 aromatic heterocycles. The molecule has 144 valence electrons. The normalized spacial score (nSPS) is 25.2. The first-order chi connectivity index (χ1) is 12.9. The van der Waals surface area contributed by atoms with E-state index in [1.807, 2.05) is 0 Å². The summed E-state index contributed by atoms with van der Waals surface area (Å²) in [6, 6.07) is 2.52. The third-order valence-corrected chi connectivity index (χ3v) is 5.74. The number of anilines is 1. The number of carboxylic acids is 1. The van der Waals surface area contributed by atoms with E-state index in [1.54, 1.807) is 0 Å². The molecule has 2 N–H and O–H groups in total. The van der Waals surface area contributed by atoms with Gasteiger partial charge in [0.2, 0.25) is 6.79 Å². The molecular formula is C18H20N2O7. The van der Waals surface area contributed by atoms with Crippen LogP contribution in [0.5, 0.6) is 11.5 Å². The van der Waals surface area contributed by atoms with Crippen LogP contribution in [-0.2, 0) is 9.53 Å². The van der Waals surface area contributed by atoms with E-state index in [1.165, 1.54) is 24.1 Å². The van der Waals surface area contributed by atoms with E-state index in [9.17, 15) is 19.5 Å². The van der Waals surface area contributed by atoms with Crippen LogP contribution in [0.3, 0.4) is 0 Å². The van der Waals surface area contributed by atoms with Gasteiger partial charge >= 0.3 is 18.0 Å². The van der Waals surface area contributed by atoms with Crippen molar-refractivity contribution >= 4 is 23.7 Å². The van der Waals surface area contributed by atoms with Gasteiger partial charge in [0.25, 0.3) is 0 Å². The van der Waals surface area contributed by atoms with Crippen LogP contribution in [0.15, 0.2) is 12.1 Å². The molecule has 27 heavy (non-hydrogen) atoms. The van der Waals surface area contributed by atoms with Crippen LogP contribution in [0.4, 0.5) is 10.5 Å². The van der Waals surface area contributed by atoms with Gasteiger partial charge in [-0.25, -0.2) is 9.59 Å². The number of carbonyl (C=O) groups excluding carboxylic acids is 2. The van der Waals surface area contributed by atoms with Crippen molar-refractivity contribution in [1.29, 1.82) is 0 Å². The molecule has 1 aromatic carbocycles. The maximum Gasteiger partial charge on any atom is 0.340 e. The Hall–Kier alpha value is -2.97. The second-order valence-electron chi connectivity index (χ2n) is 7.10. The molecule has 2 heterocycles. The molecule has 1 aromatic rings. The Morgan fingerprint density at radius 2 is 2.04 bits per heavy atom. The number of amides is 2. The average molecular weight is 376 g/mol. The number of nitrogens with zero attached hydrogens (tertiary/aromatic N) is 1. The monoisotopic (exact) mass is 376 g/mol. The van der Waals surface area contributed by atoms with Gasteiger partial charge in [-0.3, -0.25) is 4.79 Å². The third kappa shape index (κ3) is 2.73. The lowest BCUT2D eigenvalue weighted by Crippen LogP contribution is -2.38. The van der Waals surface area contributed by atoms with Gasteiger partial charge in [-0.15, -0.1) is 0 Å². The van der Waals surface area contributed by atoms with E-state index in [-0.39, 0.29) is 30.5 Å². The van der Waals surface area contributed by atoms with Crippen molar-refractivity contribution in [1.82, 2.24) is 4.90 Å². The fourth-order valence-electron chi connectivity index (χ4n) is 4.31. The fourth-order valence-corrected chi connectivity index (χ4v) is 4.31. The van der Waals surface area contributed by atoms with Crippen LogP contribution in [0.1, 0.15) is 29.6 Å². The van der Waals surface area contributed by atoms with Gasteiger partial charge in [-0.1, -0.05) is 6.42 Å². The number of likely N-dealkylation sites (tertiary alicyclic amines) is 1. The van der Waals surface area contributed by atoms with E-state index in [0.717, 1.165) is 12.8 Å². The first kappa shape index (κ1) is 17.4. The van der Waals surface area contributed by atoms with Gasteiger partial charge in [-0.05, 0) is 18.8 Å². The number of ether oxygens (including phenoxy) is 3. The Balaban J connectivity index is 1.57. The first-order valence-electron chi connectivity index (χ1n) is 8.76. The Kier molecular flexibility index (Phi) is 4.09. The molecule has 1 saturated carbocycles. The number of carboxylic acid groups (broad SMARTS) is 1. The van der Waals surface area contributed by atoms with Crippen molar-refractivity contribution < 1.29 is 33.7 Å². The van der Waals surface area contributed by atoms with Crippen LogP contribution in [0.25, 0.3) is 0 Å². The zero-order valence-corrected chi connectivity index (χ0v) is 14.8. The number of esters is 1. The number of fused-ring (bicyclic) bond motifs is 2. The lowest BCUT2D eigenvalue weighted by Gasteiger charge is -2.23. The molecule has 0 radical (unpaired) electrons. The molecule has 0 bridgehead atoms. The van der Waals surface area contributed by atoms with Crippen molar-refractivity contribution in [3.63, 3.8) is 0 Å². The zero-order valence-electron chi connectivity index (χ0n) is 14.8. The summed E-state index contributed by atoms with van der Waals surface area (Å²) in [5.41, 5.74) is -0.489. The summed E-state index contributed by atoms with van der Waals surface area (Å²) in [5, 5.41) is 12.4. The Morgan fingerprint density at radius 3 is 2.70 bits per heavy atom. The number of urea groups is 1. The van der Waals surface area contributed by atoms with Gasteiger partial charge in [0, 0.05) is 25.2 Å². The van der Waals surface area contributed by atoms with Crippen molar-refractivity contribution in [2.24, 2.45) is 11.3 Å². The second kappa shape index (κ2) is 6.33. The van der Waals surface area contributed by atoms with E-state index >= 15 is 0 Å². The van der Waals surface area contributed by atoms with Gasteiger partial charge in [0.05, 0.1) is 23.8 Å². The predicted octanol–water partition coefficient (Wildman–Crippen LogP) is 1.92. The lowest BCUT2D eigenvalue weighted by molar-refractivity contribution is -0.149. The number of rotatable bonds is 3. The highest BCUT2D eigenvalue weighted by molar-refractivity contribution is 6.02. The minimum atomic E-state index is -0.864. The Bertz CT molecular complexity index is 824. The number of aliphatic carboxylic acids is 1. The minimum Gasteiger partial charge on any atom is -0.481 e. The number of nitrogens with one attached hydrogen (secondary N) is 1. The predicted molar refractivity (Wildman–Crippen MR) is 91.9 cm³/mol. The van der Waals surface area contributed by atoms with Crippen molar-refractivity contribution in [3.8, 4) is 11.5 Å². The number of benzene rings is 1. The maximum atomic E-state index is 12.8. The third-order valence-electron chi connectivity index (χ3n) is 5.74. The summed E-state index contributed by atoms with van der Waals surface area (Å²) in [6.45, 7) is 0.579. The number of methoxy groups -OCH3 is 1. The standard InChI is InChI=1S/C18H20N2O7/c1-25-15(21)11-5-13-14(27-9-26-13)6-12(11)19-17(24)20-7-10-3-2-4-18(10,8-20)16(22)23/h5-6,10H,2-4,7-9H2,1H3,(H,19,24)(H,22,23)/t10-,18+/m0/s1. The zero-order chi connectivity index (χ0) is 19.2. The van der Waals surface area contributed by atoms with E-state index < -0.39 is 23.4 Å². The number of carbonyl (C=O) groups is 3. The van der Waals surface area contributed by atoms with Gasteiger partial charge in [0.15, 0.2) is 11.5 Å². The molecule has 4 rings (SSSR count). The molecule has 3 aliphatic rings. The van der Waals surface area contributed by atoms with Crippen LogP contribution < -0.4 is 14.8 Å². The van der Waals surface area contributed by atoms with Gasteiger partial charge in [0.1, 0.15) is 0 Å². The minimum absolute atomic E-state index is 0.0300. The smallest absolute Gasteiger partial charge is 0.340 e. The lowest BCUT2D eigenvalue weighted by atomic mass is 9.81. The average Bonchev–Trinajstić information content (AvgIpc) is 3.33. The summed E-state index contributed by atoms with van der Waals surface area (Å²) in [7, 11) is 1.25. The molecule has 1 aliphatic carbocycles. The fraction of sp³-hybridized carbons (Fsp3) is 0.500. The van der Waals surface area contributed by atoms with Crippen molar-refractivity contribution in [2.45, 2.75) is 19.3 Å². The SMILES string of the molecule is COC(=O)c1cc2c(cc1NC(=O)N1C[C@@H]3CCC[C@@]3(C(=O)O)C1)OCO2. The number of hydrogen-bond acceptors (Lipinski definition) is 6. The quantitative estimate of drug-likeness (QED) is 0.775. The molecule has 9 nitrogen and oxygen atoms in total. The second-order valence-corrected chi connectivity index (χ2v) is 7.10. The largest absolute Gasteiger partial charge is 0.481 e. The Morgan fingerprint density at radius 1 is 1.30 bits per heavy atom. The summed E-state index contributed by atoms with van der Waals surface area (Å²) in [6.07, 6.45) is 2.24. The molecule has 2 aliphatic heterocycles. The summed E-state index contributed by atoms with van der Waals surface area (Å²) < 4.78 is 15.3. The van der Waals surface area contributed by atoms with Crippen molar-refractivity contribution in [3.05, 3.63) is 17.7 Å². The molecule has 1 saturated heterocycles. The maximum absolute atomic E-state index is 12.8. The topological polar surface area (TPSA) is 114 Å². The van der Waals surface area contributed by atoms with Gasteiger partial charge in [-0.2, -0.15) is 0 Å². The van der Waals surface area contributed by atoms with Crippen LogP contribution in [-0.4, -0.2) is 55.0 Å². The van der Waals surface area contributed by atoms with E-state index in [2.05, 4.69) is 5.32 Å². The number of hydrogen-bond donors (Lipinski definition) is 2. The highest BCUT2D eigenvalue weighted by atomic mass is 16.7. The molecule has 0 spiro atoms. The highest BCUT2D eigenvalue weighted by Crippen LogP contribution is 2.49. The molecule has 2 atom stereocenters. The first-order valence-corrected chi connectivity index (χ1v) is 8.76. The van der Waals surface area contributed by atoms with E-state index in [4.69, 9.17) is 14.2 Å². The molecule has 2 amide bonds. The van der Waals surface area contributed by atoms with Crippen LogP contribution in [0.2, 0.25) is 0 Å². The summed E-state index contributed by atoms with van der Waals surface area (Å²) in [4.78, 5) is 38.1. The molecule has 0 unspecified atom stereocenters.